The van der Waals surface area contributed by atoms with Gasteiger partial charge in [-0.25, -0.2) is 4.39 Å². The van der Waals surface area contributed by atoms with Gasteiger partial charge in [0.1, 0.15) is 11.6 Å². The largest absolute Gasteiger partial charge is 0.481 e. The van der Waals surface area contributed by atoms with Crippen molar-refractivity contribution < 1.29 is 18.7 Å². The van der Waals surface area contributed by atoms with Crippen molar-refractivity contribution in [1.82, 2.24) is 5.32 Å². The van der Waals surface area contributed by atoms with E-state index in [0.717, 1.165) is 6.42 Å². The van der Waals surface area contributed by atoms with Gasteiger partial charge in [0, 0.05) is 6.04 Å². The van der Waals surface area contributed by atoms with Crippen molar-refractivity contribution in [3.63, 3.8) is 0 Å². The van der Waals surface area contributed by atoms with Gasteiger partial charge in [-0.05, 0) is 56.2 Å². The van der Waals surface area contributed by atoms with Gasteiger partial charge >= 0.3 is 0 Å². The van der Waals surface area contributed by atoms with Crippen molar-refractivity contribution in [1.29, 1.82) is 0 Å². The van der Waals surface area contributed by atoms with Gasteiger partial charge < -0.3 is 15.4 Å². The number of rotatable bonds is 8. The number of amides is 2. The van der Waals surface area contributed by atoms with Crippen molar-refractivity contribution in [3.05, 3.63) is 59.9 Å². The third-order valence-corrected chi connectivity index (χ3v) is 4.17. The Hall–Kier alpha value is -2.89. The zero-order valence-corrected chi connectivity index (χ0v) is 15.8. The van der Waals surface area contributed by atoms with Crippen molar-refractivity contribution in [2.75, 3.05) is 5.32 Å². The highest BCUT2D eigenvalue weighted by atomic mass is 19.1. The summed E-state index contributed by atoms with van der Waals surface area (Å²) in [6, 6.07) is 12.3. The summed E-state index contributed by atoms with van der Waals surface area (Å²) in [7, 11) is 0. The summed E-state index contributed by atoms with van der Waals surface area (Å²) in [5.74, 6) is -0.583. The Kier molecular flexibility index (Phi) is 7.34. The molecular weight excluding hydrogens is 347 g/mol. The van der Waals surface area contributed by atoms with Crippen LogP contribution < -0.4 is 15.4 Å². The molecule has 2 N–H and O–H groups in total. The number of halogens is 1. The topological polar surface area (TPSA) is 67.4 Å². The van der Waals surface area contributed by atoms with Gasteiger partial charge in [0.15, 0.2) is 6.10 Å². The van der Waals surface area contributed by atoms with Crippen LogP contribution >= 0.6 is 0 Å². The third-order valence-electron chi connectivity index (χ3n) is 4.17. The molecule has 0 bridgehead atoms. The first-order valence-electron chi connectivity index (χ1n) is 9.07. The van der Waals surface area contributed by atoms with E-state index in [2.05, 4.69) is 10.6 Å². The Balaban J connectivity index is 2.11. The zero-order chi connectivity index (χ0) is 19.8. The predicted octanol–water partition coefficient (Wildman–Crippen LogP) is 4.15. The van der Waals surface area contributed by atoms with E-state index in [1.807, 2.05) is 20.8 Å². The molecule has 0 aliphatic rings. The van der Waals surface area contributed by atoms with Crippen molar-refractivity contribution in [2.24, 2.45) is 0 Å². The highest BCUT2D eigenvalue weighted by Crippen LogP contribution is 2.18. The van der Waals surface area contributed by atoms with E-state index >= 15 is 0 Å². The molecule has 2 atom stereocenters. The van der Waals surface area contributed by atoms with Gasteiger partial charge in [-0.15, -0.1) is 0 Å². The lowest BCUT2D eigenvalue weighted by Crippen LogP contribution is -2.35. The third kappa shape index (κ3) is 5.81. The van der Waals surface area contributed by atoms with E-state index in [9.17, 15) is 14.0 Å². The summed E-state index contributed by atoms with van der Waals surface area (Å²) in [6.07, 6.45) is 0.467. The van der Waals surface area contributed by atoms with E-state index in [1.54, 1.807) is 24.3 Å². The second-order valence-electron chi connectivity index (χ2n) is 6.29. The quantitative estimate of drug-likeness (QED) is 0.731. The second kappa shape index (κ2) is 9.71. The maximum atomic E-state index is 13.0. The molecule has 0 saturated carbocycles. The summed E-state index contributed by atoms with van der Waals surface area (Å²) in [6.45, 7) is 5.72. The van der Waals surface area contributed by atoms with Gasteiger partial charge in [-0.2, -0.15) is 0 Å². The normalized spacial score (nSPS) is 12.7. The minimum Gasteiger partial charge on any atom is -0.481 e. The van der Waals surface area contributed by atoms with E-state index in [0.29, 0.717) is 23.4 Å². The number of ether oxygens (including phenoxy) is 1. The van der Waals surface area contributed by atoms with Crippen LogP contribution in [-0.2, 0) is 4.79 Å². The van der Waals surface area contributed by atoms with Gasteiger partial charge in [-0.3, -0.25) is 9.59 Å². The molecule has 0 heterocycles. The Morgan fingerprint density at radius 2 is 1.70 bits per heavy atom. The number of carbonyl (C=O) groups is 2. The molecule has 2 aromatic carbocycles. The highest BCUT2D eigenvalue weighted by Gasteiger charge is 2.21. The van der Waals surface area contributed by atoms with Crippen molar-refractivity contribution in [2.45, 2.75) is 45.8 Å². The molecule has 0 aliphatic carbocycles. The van der Waals surface area contributed by atoms with Crippen LogP contribution in [0.1, 0.15) is 44.0 Å². The van der Waals surface area contributed by atoms with Crippen LogP contribution in [0.4, 0.5) is 10.1 Å². The lowest BCUT2D eigenvalue weighted by atomic mass is 10.1. The van der Waals surface area contributed by atoms with Crippen LogP contribution in [0, 0.1) is 5.82 Å². The Bertz CT molecular complexity index is 777. The van der Waals surface area contributed by atoms with Gasteiger partial charge in [0.2, 0.25) is 0 Å². The van der Waals surface area contributed by atoms with E-state index in [4.69, 9.17) is 4.74 Å². The number of carbonyl (C=O) groups excluding carboxylic acids is 2. The smallest absolute Gasteiger partial charge is 0.265 e. The number of hydrogen-bond acceptors (Lipinski definition) is 3. The minimum absolute atomic E-state index is 0.0338. The maximum absolute atomic E-state index is 13.0. The average molecular weight is 372 g/mol. The number of anilines is 1. The lowest BCUT2D eigenvalue weighted by Gasteiger charge is -2.19. The summed E-state index contributed by atoms with van der Waals surface area (Å²) < 4.78 is 18.7. The maximum Gasteiger partial charge on any atom is 0.265 e. The van der Waals surface area contributed by atoms with Crippen LogP contribution in [0.3, 0.4) is 0 Å². The first-order valence-corrected chi connectivity index (χ1v) is 9.07. The number of para-hydroxylation sites is 1. The summed E-state index contributed by atoms with van der Waals surface area (Å²) in [4.78, 5) is 25.1. The molecule has 6 heteroatoms. The van der Waals surface area contributed by atoms with Crippen LogP contribution in [0.15, 0.2) is 48.5 Å². The first-order chi connectivity index (χ1) is 12.9. The van der Waals surface area contributed by atoms with Gasteiger partial charge in [-0.1, -0.05) is 26.0 Å². The second-order valence-corrected chi connectivity index (χ2v) is 6.29. The molecule has 5 nitrogen and oxygen atoms in total. The fraction of sp³-hybridized carbons (Fsp3) is 0.333. The Labute approximate surface area is 158 Å². The SMILES string of the molecule is CC[C@H](Oc1ccc(F)cc1)C(=O)Nc1ccccc1C(=O)N[C@@H](C)CC. The van der Waals surface area contributed by atoms with E-state index in [-0.39, 0.29) is 23.7 Å². The molecule has 0 aromatic heterocycles. The summed E-state index contributed by atoms with van der Waals surface area (Å²) in [5, 5.41) is 5.66. The minimum atomic E-state index is -0.763. The molecule has 2 amide bonds. The molecule has 2 aromatic rings. The predicted molar refractivity (Wildman–Crippen MR) is 103 cm³/mol. The van der Waals surface area contributed by atoms with Crippen LogP contribution in [-0.4, -0.2) is 24.0 Å². The molecule has 27 heavy (non-hydrogen) atoms. The molecular formula is C21H25FN2O3. The molecule has 0 aliphatic heterocycles. The van der Waals surface area contributed by atoms with Gasteiger partial charge in [0.25, 0.3) is 11.8 Å². The fourth-order valence-corrected chi connectivity index (χ4v) is 2.41. The summed E-state index contributed by atoms with van der Waals surface area (Å²) >= 11 is 0. The fourth-order valence-electron chi connectivity index (χ4n) is 2.41. The van der Waals surface area contributed by atoms with Gasteiger partial charge in [0.05, 0.1) is 11.3 Å². The average Bonchev–Trinajstić information content (AvgIpc) is 2.67. The molecule has 144 valence electrons. The first kappa shape index (κ1) is 20.4. The number of hydrogen-bond donors (Lipinski definition) is 2. The van der Waals surface area contributed by atoms with E-state index < -0.39 is 6.10 Å². The highest BCUT2D eigenvalue weighted by molar-refractivity contribution is 6.04. The number of nitrogens with one attached hydrogen (secondary N) is 2. The van der Waals surface area contributed by atoms with Crippen molar-refractivity contribution >= 4 is 17.5 Å². The van der Waals surface area contributed by atoms with Crippen molar-refractivity contribution in [3.8, 4) is 5.75 Å². The standard InChI is InChI=1S/C21H25FN2O3/c1-4-14(3)23-20(25)17-8-6-7-9-18(17)24-21(26)19(5-2)27-16-12-10-15(22)11-13-16/h6-14,19H,4-5H2,1-3H3,(H,23,25)(H,24,26)/t14-,19-/m0/s1. The van der Waals surface area contributed by atoms with E-state index in [1.165, 1.54) is 24.3 Å². The van der Waals surface area contributed by atoms with Crippen LogP contribution in [0.5, 0.6) is 5.75 Å². The van der Waals surface area contributed by atoms with Crippen LogP contribution in [0.2, 0.25) is 0 Å². The molecule has 0 spiro atoms. The molecule has 2 rings (SSSR count). The Morgan fingerprint density at radius 3 is 2.33 bits per heavy atom. The zero-order valence-electron chi connectivity index (χ0n) is 15.8. The molecule has 0 unspecified atom stereocenters. The molecule has 0 saturated heterocycles. The summed E-state index contributed by atoms with van der Waals surface area (Å²) in [5.41, 5.74) is 0.812. The molecule has 0 radical (unpaired) electrons. The molecule has 0 fully saturated rings. The Morgan fingerprint density at radius 1 is 1.04 bits per heavy atom. The lowest BCUT2D eigenvalue weighted by molar-refractivity contribution is -0.122. The monoisotopic (exact) mass is 372 g/mol. The van der Waals surface area contributed by atoms with Crippen LogP contribution in [0.25, 0.3) is 0 Å². The number of benzene rings is 2.